The van der Waals surface area contributed by atoms with Gasteiger partial charge in [-0.1, -0.05) is 18.6 Å². The van der Waals surface area contributed by atoms with E-state index < -0.39 is 0 Å². The van der Waals surface area contributed by atoms with Crippen molar-refractivity contribution in [1.29, 1.82) is 0 Å². The van der Waals surface area contributed by atoms with Gasteiger partial charge in [0.25, 0.3) is 0 Å². The summed E-state index contributed by atoms with van der Waals surface area (Å²) in [6.45, 7) is 3.26. The standard InChI is InChI=1S/C16H23N3OS/c20-15(10-13-6-2-3-7-13)18-16-17-14(12-21-16)11-19-8-4-1-5-9-19/h2,6,12-13H,1,3-5,7-11H2,(H,17,18,20)/t13-/m0/s1. The van der Waals surface area contributed by atoms with Crippen LogP contribution in [-0.2, 0) is 11.3 Å². The van der Waals surface area contributed by atoms with E-state index in [1.807, 2.05) is 0 Å². The molecule has 0 unspecified atom stereocenters. The summed E-state index contributed by atoms with van der Waals surface area (Å²) in [7, 11) is 0. The molecule has 1 aromatic rings. The van der Waals surface area contributed by atoms with E-state index in [9.17, 15) is 4.79 Å². The predicted molar refractivity (Wildman–Crippen MR) is 86.4 cm³/mol. The molecule has 1 amide bonds. The Balaban J connectivity index is 1.47. The minimum Gasteiger partial charge on any atom is -0.302 e. The van der Waals surface area contributed by atoms with Crippen molar-refractivity contribution in [3.8, 4) is 0 Å². The molecule has 0 bridgehead atoms. The molecule has 2 heterocycles. The third kappa shape index (κ3) is 4.38. The fourth-order valence-corrected chi connectivity index (χ4v) is 3.77. The molecule has 0 radical (unpaired) electrons. The van der Waals surface area contributed by atoms with Crippen LogP contribution in [0, 0.1) is 5.92 Å². The number of piperidine rings is 1. The number of carbonyl (C=O) groups excluding carboxylic acids is 1. The molecule has 0 saturated carbocycles. The SMILES string of the molecule is O=C(C[C@H]1C=CCC1)Nc1nc(CN2CCCCC2)cs1. The van der Waals surface area contributed by atoms with Gasteiger partial charge in [-0.05, 0) is 44.7 Å². The van der Waals surface area contributed by atoms with E-state index in [2.05, 4.69) is 32.7 Å². The van der Waals surface area contributed by atoms with Gasteiger partial charge in [-0.2, -0.15) is 0 Å². The third-order valence-electron chi connectivity index (χ3n) is 4.19. The Hall–Kier alpha value is -1.20. The molecule has 5 heteroatoms. The summed E-state index contributed by atoms with van der Waals surface area (Å²) in [6, 6.07) is 0. The number of rotatable bonds is 5. The number of anilines is 1. The first-order chi connectivity index (χ1) is 10.3. The maximum atomic E-state index is 12.0. The smallest absolute Gasteiger partial charge is 0.226 e. The van der Waals surface area contributed by atoms with E-state index in [0.717, 1.165) is 30.2 Å². The third-order valence-corrected chi connectivity index (χ3v) is 5.00. The highest BCUT2D eigenvalue weighted by Crippen LogP contribution is 2.22. The number of amides is 1. The summed E-state index contributed by atoms with van der Waals surface area (Å²) in [5, 5.41) is 5.76. The van der Waals surface area contributed by atoms with Crippen molar-refractivity contribution in [2.75, 3.05) is 18.4 Å². The maximum Gasteiger partial charge on any atom is 0.226 e. The largest absolute Gasteiger partial charge is 0.302 e. The molecule has 4 nitrogen and oxygen atoms in total. The quantitative estimate of drug-likeness (QED) is 0.848. The van der Waals surface area contributed by atoms with E-state index >= 15 is 0 Å². The van der Waals surface area contributed by atoms with Crippen molar-refractivity contribution in [2.45, 2.75) is 45.1 Å². The van der Waals surface area contributed by atoms with Crippen molar-refractivity contribution in [3.63, 3.8) is 0 Å². The molecule has 2 aliphatic rings. The number of nitrogens with one attached hydrogen (secondary N) is 1. The summed E-state index contributed by atoms with van der Waals surface area (Å²) < 4.78 is 0. The van der Waals surface area contributed by atoms with Crippen LogP contribution in [0.2, 0.25) is 0 Å². The number of hydrogen-bond acceptors (Lipinski definition) is 4. The van der Waals surface area contributed by atoms with Gasteiger partial charge in [-0.15, -0.1) is 11.3 Å². The summed E-state index contributed by atoms with van der Waals surface area (Å²) in [6.07, 6.45) is 11.1. The zero-order valence-corrected chi connectivity index (χ0v) is 13.2. The van der Waals surface area contributed by atoms with Crippen molar-refractivity contribution >= 4 is 22.4 Å². The Bertz CT molecular complexity index is 505. The average molecular weight is 305 g/mol. The van der Waals surface area contributed by atoms with Crippen LogP contribution in [-0.4, -0.2) is 28.9 Å². The maximum absolute atomic E-state index is 12.0. The normalized spacial score (nSPS) is 22.6. The van der Waals surface area contributed by atoms with Gasteiger partial charge < -0.3 is 5.32 Å². The summed E-state index contributed by atoms with van der Waals surface area (Å²) in [5.41, 5.74) is 1.08. The fourth-order valence-electron chi connectivity index (χ4n) is 3.06. The van der Waals surface area contributed by atoms with Crippen LogP contribution < -0.4 is 5.32 Å². The van der Waals surface area contributed by atoms with Gasteiger partial charge in [0.05, 0.1) is 5.69 Å². The van der Waals surface area contributed by atoms with Gasteiger partial charge >= 0.3 is 0 Å². The molecule has 0 spiro atoms. The molecule has 1 saturated heterocycles. The zero-order chi connectivity index (χ0) is 14.5. The summed E-state index contributed by atoms with van der Waals surface area (Å²) in [4.78, 5) is 19.0. The van der Waals surface area contributed by atoms with Crippen molar-refractivity contribution < 1.29 is 4.79 Å². The van der Waals surface area contributed by atoms with Crippen LogP contribution in [0.5, 0.6) is 0 Å². The van der Waals surface area contributed by atoms with Gasteiger partial charge in [0.1, 0.15) is 0 Å². The first-order valence-corrected chi connectivity index (χ1v) is 8.81. The topological polar surface area (TPSA) is 45.2 Å². The number of hydrogen-bond donors (Lipinski definition) is 1. The molecular formula is C16H23N3OS. The van der Waals surface area contributed by atoms with E-state index in [-0.39, 0.29) is 5.91 Å². The Morgan fingerprint density at radius 3 is 3.00 bits per heavy atom. The monoisotopic (exact) mass is 305 g/mol. The molecule has 1 atom stereocenters. The van der Waals surface area contributed by atoms with E-state index in [0.29, 0.717) is 12.3 Å². The number of allylic oxidation sites excluding steroid dienone is 2. The summed E-state index contributed by atoms with van der Waals surface area (Å²) >= 11 is 1.54. The molecule has 1 N–H and O–H groups in total. The number of carbonyl (C=O) groups is 1. The lowest BCUT2D eigenvalue weighted by Gasteiger charge is -2.25. The first kappa shape index (κ1) is 14.7. The van der Waals surface area contributed by atoms with Crippen LogP contribution in [0.15, 0.2) is 17.5 Å². The Morgan fingerprint density at radius 2 is 2.24 bits per heavy atom. The molecule has 21 heavy (non-hydrogen) atoms. The molecule has 0 aromatic carbocycles. The highest BCUT2D eigenvalue weighted by atomic mass is 32.1. The van der Waals surface area contributed by atoms with Crippen molar-refractivity contribution in [1.82, 2.24) is 9.88 Å². The lowest BCUT2D eigenvalue weighted by atomic mass is 10.1. The zero-order valence-electron chi connectivity index (χ0n) is 12.4. The molecular weight excluding hydrogens is 282 g/mol. The van der Waals surface area contributed by atoms with Gasteiger partial charge in [0, 0.05) is 18.3 Å². The number of thiazole rings is 1. The van der Waals surface area contributed by atoms with E-state index in [1.165, 1.54) is 43.7 Å². The van der Waals surface area contributed by atoms with Crippen LogP contribution in [0.25, 0.3) is 0 Å². The fraction of sp³-hybridized carbons (Fsp3) is 0.625. The molecule has 1 aromatic heterocycles. The number of aromatic nitrogens is 1. The second-order valence-corrected chi connectivity index (χ2v) is 6.86. The minimum atomic E-state index is 0.0884. The Morgan fingerprint density at radius 1 is 1.38 bits per heavy atom. The van der Waals surface area contributed by atoms with Crippen LogP contribution in [0.4, 0.5) is 5.13 Å². The van der Waals surface area contributed by atoms with E-state index in [4.69, 9.17) is 0 Å². The number of likely N-dealkylation sites (tertiary alicyclic amines) is 1. The Labute approximate surface area is 130 Å². The van der Waals surface area contributed by atoms with Gasteiger partial charge in [0.2, 0.25) is 5.91 Å². The lowest BCUT2D eigenvalue weighted by Crippen LogP contribution is -2.29. The number of nitrogens with zero attached hydrogens (tertiary/aromatic N) is 2. The predicted octanol–water partition coefficient (Wildman–Crippen LogP) is 3.42. The van der Waals surface area contributed by atoms with E-state index in [1.54, 1.807) is 0 Å². The second-order valence-electron chi connectivity index (χ2n) is 6.00. The van der Waals surface area contributed by atoms with Gasteiger partial charge in [0.15, 0.2) is 5.13 Å². The molecule has 3 rings (SSSR count). The highest BCUT2D eigenvalue weighted by Gasteiger charge is 2.16. The van der Waals surface area contributed by atoms with Crippen molar-refractivity contribution in [2.24, 2.45) is 5.92 Å². The molecule has 1 aliphatic heterocycles. The van der Waals surface area contributed by atoms with Crippen LogP contribution >= 0.6 is 11.3 Å². The van der Waals surface area contributed by atoms with Crippen LogP contribution in [0.3, 0.4) is 0 Å². The average Bonchev–Trinajstić information content (AvgIpc) is 3.12. The molecule has 1 aliphatic carbocycles. The molecule has 114 valence electrons. The van der Waals surface area contributed by atoms with Gasteiger partial charge in [-0.25, -0.2) is 4.98 Å². The minimum absolute atomic E-state index is 0.0884. The second kappa shape index (κ2) is 7.18. The van der Waals surface area contributed by atoms with Gasteiger partial charge in [-0.3, -0.25) is 9.69 Å². The van der Waals surface area contributed by atoms with Crippen LogP contribution in [0.1, 0.15) is 44.2 Å². The lowest BCUT2D eigenvalue weighted by molar-refractivity contribution is -0.116. The molecule has 1 fully saturated rings. The Kier molecular flexibility index (Phi) is 5.04. The van der Waals surface area contributed by atoms with Crippen molar-refractivity contribution in [3.05, 3.63) is 23.2 Å². The summed E-state index contributed by atoms with van der Waals surface area (Å²) in [5.74, 6) is 0.503. The first-order valence-electron chi connectivity index (χ1n) is 7.93. The highest BCUT2D eigenvalue weighted by molar-refractivity contribution is 7.13.